The van der Waals surface area contributed by atoms with Crippen molar-refractivity contribution in [1.82, 2.24) is 0 Å². The minimum absolute atomic E-state index is 0.393. The Hall–Kier alpha value is -0.500. The van der Waals surface area contributed by atoms with E-state index in [0.717, 1.165) is 11.0 Å². The third kappa shape index (κ3) is 4.17. The third-order valence-electron chi connectivity index (χ3n) is 2.67. The fourth-order valence-corrected chi connectivity index (χ4v) is 2.44. The summed E-state index contributed by atoms with van der Waals surface area (Å²) in [4.78, 5) is 0. The molecular formula is C14H22BrN. The van der Waals surface area contributed by atoms with Gasteiger partial charge in [-0.05, 0) is 48.9 Å². The summed E-state index contributed by atoms with van der Waals surface area (Å²) in [7, 11) is 0. The Morgan fingerprint density at radius 2 is 1.62 bits per heavy atom. The molecule has 1 aromatic rings. The summed E-state index contributed by atoms with van der Waals surface area (Å²) < 4.78 is 1.16. The van der Waals surface area contributed by atoms with Crippen LogP contribution in [0.2, 0.25) is 0 Å². The van der Waals surface area contributed by atoms with Crippen LogP contribution in [-0.2, 0) is 0 Å². The van der Waals surface area contributed by atoms with Crippen molar-refractivity contribution in [3.05, 3.63) is 27.7 Å². The summed E-state index contributed by atoms with van der Waals surface area (Å²) in [5, 5.41) is 3.54. The van der Waals surface area contributed by atoms with E-state index in [9.17, 15) is 0 Å². The van der Waals surface area contributed by atoms with Crippen LogP contribution in [0.15, 0.2) is 16.6 Å². The maximum atomic E-state index is 3.54. The van der Waals surface area contributed by atoms with Crippen molar-refractivity contribution < 1.29 is 0 Å². The van der Waals surface area contributed by atoms with Gasteiger partial charge in [0, 0.05) is 16.7 Å². The highest BCUT2D eigenvalue weighted by Gasteiger charge is 2.10. The summed E-state index contributed by atoms with van der Waals surface area (Å²) in [5.41, 5.74) is 4.29. The maximum absolute atomic E-state index is 3.54. The Labute approximate surface area is 108 Å². The van der Waals surface area contributed by atoms with Crippen LogP contribution in [0.5, 0.6) is 0 Å². The van der Waals surface area contributed by atoms with Crippen LogP contribution in [0.1, 0.15) is 38.3 Å². The highest BCUT2D eigenvalue weighted by molar-refractivity contribution is 9.10. The lowest BCUT2D eigenvalue weighted by Crippen LogP contribution is -2.13. The van der Waals surface area contributed by atoms with Gasteiger partial charge in [-0.15, -0.1) is 0 Å². The molecule has 1 nitrogen and oxygen atoms in total. The predicted octanol–water partition coefficient (Wildman–Crippen LogP) is 4.91. The van der Waals surface area contributed by atoms with Crippen LogP contribution in [0, 0.1) is 19.3 Å². The van der Waals surface area contributed by atoms with Crippen LogP contribution >= 0.6 is 15.9 Å². The molecule has 1 aromatic carbocycles. The van der Waals surface area contributed by atoms with Crippen LogP contribution in [0.3, 0.4) is 0 Å². The van der Waals surface area contributed by atoms with Crippen molar-refractivity contribution in [2.24, 2.45) is 5.41 Å². The lowest BCUT2D eigenvalue weighted by molar-refractivity contribution is 0.389. The molecule has 0 amide bonds. The Morgan fingerprint density at radius 3 is 2.06 bits per heavy atom. The zero-order valence-electron chi connectivity index (χ0n) is 10.9. The first-order chi connectivity index (χ1) is 7.29. The lowest BCUT2D eigenvalue weighted by atomic mass is 9.92. The number of hydrogen-bond donors (Lipinski definition) is 1. The van der Waals surface area contributed by atoms with Gasteiger partial charge in [-0.2, -0.15) is 0 Å². The second-order valence-corrected chi connectivity index (χ2v) is 6.57. The molecule has 0 spiro atoms. The monoisotopic (exact) mass is 283 g/mol. The van der Waals surface area contributed by atoms with Gasteiger partial charge in [-0.1, -0.05) is 36.7 Å². The highest BCUT2D eigenvalue weighted by atomic mass is 79.9. The number of rotatable bonds is 3. The molecule has 0 saturated heterocycles. The van der Waals surface area contributed by atoms with E-state index in [2.05, 4.69) is 68.0 Å². The van der Waals surface area contributed by atoms with E-state index < -0.39 is 0 Å². The van der Waals surface area contributed by atoms with Crippen LogP contribution in [0.4, 0.5) is 5.69 Å². The topological polar surface area (TPSA) is 12.0 Å². The van der Waals surface area contributed by atoms with Gasteiger partial charge in [0.05, 0.1) is 0 Å². The van der Waals surface area contributed by atoms with E-state index in [1.54, 1.807) is 0 Å². The summed E-state index contributed by atoms with van der Waals surface area (Å²) in [6.45, 7) is 12.2. The molecule has 0 saturated carbocycles. The molecule has 0 aliphatic carbocycles. The highest BCUT2D eigenvalue weighted by Crippen LogP contribution is 2.26. The van der Waals surface area contributed by atoms with Crippen molar-refractivity contribution >= 4 is 21.6 Å². The minimum atomic E-state index is 0.393. The van der Waals surface area contributed by atoms with Crippen molar-refractivity contribution in [3.63, 3.8) is 0 Å². The molecule has 0 unspecified atom stereocenters. The van der Waals surface area contributed by atoms with Crippen LogP contribution < -0.4 is 5.32 Å². The lowest BCUT2D eigenvalue weighted by Gasteiger charge is -2.20. The zero-order valence-corrected chi connectivity index (χ0v) is 12.5. The number of anilines is 1. The molecule has 16 heavy (non-hydrogen) atoms. The first-order valence-electron chi connectivity index (χ1n) is 5.80. The second kappa shape index (κ2) is 5.22. The summed E-state index contributed by atoms with van der Waals surface area (Å²) in [6, 6.07) is 4.32. The first-order valence-corrected chi connectivity index (χ1v) is 6.59. The minimum Gasteiger partial charge on any atom is -0.385 e. The molecular weight excluding hydrogens is 262 g/mol. The van der Waals surface area contributed by atoms with E-state index in [1.165, 1.54) is 23.2 Å². The van der Waals surface area contributed by atoms with E-state index >= 15 is 0 Å². The van der Waals surface area contributed by atoms with Gasteiger partial charge in [0.25, 0.3) is 0 Å². The van der Waals surface area contributed by atoms with Gasteiger partial charge in [0.1, 0.15) is 0 Å². The van der Waals surface area contributed by atoms with E-state index in [0.29, 0.717) is 5.41 Å². The standard InChI is InChI=1S/C14H22BrN/c1-10-8-12(15)9-11(2)13(10)16-7-6-14(3,4)5/h8-9,16H,6-7H2,1-5H3. The molecule has 0 radical (unpaired) electrons. The third-order valence-corrected chi connectivity index (χ3v) is 3.13. The normalized spacial score (nSPS) is 11.6. The van der Waals surface area contributed by atoms with E-state index in [-0.39, 0.29) is 0 Å². The fraction of sp³-hybridized carbons (Fsp3) is 0.571. The molecule has 1 N–H and O–H groups in total. The summed E-state index contributed by atoms with van der Waals surface area (Å²) in [6.07, 6.45) is 1.18. The molecule has 0 fully saturated rings. The van der Waals surface area contributed by atoms with Gasteiger partial charge in [-0.25, -0.2) is 0 Å². The maximum Gasteiger partial charge on any atom is 0.0400 e. The SMILES string of the molecule is Cc1cc(Br)cc(C)c1NCCC(C)(C)C. The Balaban J connectivity index is 2.68. The zero-order chi connectivity index (χ0) is 12.3. The fourth-order valence-electron chi connectivity index (χ4n) is 1.75. The second-order valence-electron chi connectivity index (χ2n) is 5.65. The smallest absolute Gasteiger partial charge is 0.0400 e. The Bertz CT molecular complexity index is 340. The van der Waals surface area contributed by atoms with Crippen LogP contribution in [-0.4, -0.2) is 6.54 Å². The number of nitrogens with one attached hydrogen (secondary N) is 1. The number of aryl methyl sites for hydroxylation is 2. The van der Waals surface area contributed by atoms with Gasteiger partial charge in [-0.3, -0.25) is 0 Å². The average molecular weight is 284 g/mol. The number of hydrogen-bond acceptors (Lipinski definition) is 1. The van der Waals surface area contributed by atoms with E-state index in [1.807, 2.05) is 0 Å². The van der Waals surface area contributed by atoms with Crippen molar-refractivity contribution in [2.75, 3.05) is 11.9 Å². The van der Waals surface area contributed by atoms with Crippen molar-refractivity contribution in [1.29, 1.82) is 0 Å². The molecule has 0 aromatic heterocycles. The number of halogens is 1. The Morgan fingerprint density at radius 1 is 1.12 bits per heavy atom. The van der Waals surface area contributed by atoms with Gasteiger partial charge in [0.2, 0.25) is 0 Å². The molecule has 2 heteroatoms. The molecule has 0 aliphatic heterocycles. The molecule has 90 valence electrons. The summed E-state index contributed by atoms with van der Waals surface area (Å²) >= 11 is 3.52. The largest absolute Gasteiger partial charge is 0.385 e. The van der Waals surface area contributed by atoms with E-state index in [4.69, 9.17) is 0 Å². The molecule has 1 rings (SSSR count). The predicted molar refractivity (Wildman–Crippen MR) is 76.2 cm³/mol. The van der Waals surface area contributed by atoms with Gasteiger partial charge < -0.3 is 5.32 Å². The quantitative estimate of drug-likeness (QED) is 0.831. The molecule has 0 heterocycles. The molecule has 0 bridgehead atoms. The van der Waals surface area contributed by atoms with Crippen molar-refractivity contribution in [2.45, 2.75) is 41.0 Å². The Kier molecular flexibility index (Phi) is 4.43. The van der Waals surface area contributed by atoms with Crippen LogP contribution in [0.25, 0.3) is 0 Å². The first kappa shape index (κ1) is 13.6. The van der Waals surface area contributed by atoms with Gasteiger partial charge >= 0.3 is 0 Å². The molecule has 0 atom stereocenters. The summed E-state index contributed by atoms with van der Waals surface area (Å²) in [5.74, 6) is 0. The van der Waals surface area contributed by atoms with Gasteiger partial charge in [0.15, 0.2) is 0 Å². The average Bonchev–Trinajstić information content (AvgIpc) is 2.07. The van der Waals surface area contributed by atoms with Crippen molar-refractivity contribution in [3.8, 4) is 0 Å². The molecule has 0 aliphatic rings. The number of benzene rings is 1.